The minimum absolute atomic E-state index is 0.107. The number of sulfonamides is 1. The fraction of sp³-hybridized carbons (Fsp3) is 0.737. The Hall–Kier alpha value is -1.06. The number of likely N-dealkylation sites (tertiary alicyclic amines) is 1. The summed E-state index contributed by atoms with van der Waals surface area (Å²) in [6, 6.07) is 4.99. The zero-order valence-electron chi connectivity index (χ0n) is 15.7. The van der Waals surface area contributed by atoms with E-state index in [1.807, 2.05) is 0 Å². The van der Waals surface area contributed by atoms with E-state index in [4.69, 9.17) is 4.74 Å². The number of aliphatic hydroxyl groups is 1. The van der Waals surface area contributed by atoms with Crippen LogP contribution in [0.4, 0.5) is 0 Å². The van der Waals surface area contributed by atoms with Crippen LogP contribution in [0.3, 0.4) is 0 Å². The monoisotopic (exact) mass is 395 g/mol. The third-order valence-corrected chi connectivity index (χ3v) is 8.14. The first-order valence-corrected chi connectivity index (χ1v) is 11.3. The standard InChI is InChI=1S/C19H29N3O4S/c23-16-4-9-21(10-5-16)14-17-13-19(15-26-17)6-11-22(12-7-19)27(24,25)18-3-1-2-8-20-18/h1-3,8,16-17,23H,4-7,9-15H2. The first-order valence-electron chi connectivity index (χ1n) is 9.90. The Bertz CT molecular complexity index is 727. The summed E-state index contributed by atoms with van der Waals surface area (Å²) in [7, 11) is -3.50. The van der Waals surface area contributed by atoms with Crippen LogP contribution in [0.5, 0.6) is 0 Å². The van der Waals surface area contributed by atoms with Crippen LogP contribution in [0, 0.1) is 5.41 Å². The van der Waals surface area contributed by atoms with Gasteiger partial charge in [-0.15, -0.1) is 0 Å². The van der Waals surface area contributed by atoms with Gasteiger partial charge >= 0.3 is 0 Å². The van der Waals surface area contributed by atoms with E-state index >= 15 is 0 Å². The van der Waals surface area contributed by atoms with Gasteiger partial charge in [-0.1, -0.05) is 6.07 Å². The Morgan fingerprint density at radius 3 is 2.59 bits per heavy atom. The average Bonchev–Trinajstić information content (AvgIpc) is 3.07. The van der Waals surface area contributed by atoms with Crippen LogP contribution in [0.25, 0.3) is 0 Å². The van der Waals surface area contributed by atoms with E-state index in [2.05, 4.69) is 9.88 Å². The molecule has 1 spiro atoms. The predicted molar refractivity (Wildman–Crippen MR) is 101 cm³/mol. The number of aromatic nitrogens is 1. The van der Waals surface area contributed by atoms with Crippen LogP contribution < -0.4 is 0 Å². The van der Waals surface area contributed by atoms with Crippen molar-refractivity contribution in [2.24, 2.45) is 5.41 Å². The van der Waals surface area contributed by atoms with Gasteiger partial charge in [-0.05, 0) is 49.7 Å². The van der Waals surface area contributed by atoms with Crippen LogP contribution in [0.2, 0.25) is 0 Å². The molecule has 0 aliphatic carbocycles. The lowest BCUT2D eigenvalue weighted by molar-refractivity contribution is 0.0327. The lowest BCUT2D eigenvalue weighted by Gasteiger charge is -2.37. The van der Waals surface area contributed by atoms with Gasteiger partial charge in [0.2, 0.25) is 0 Å². The highest BCUT2D eigenvalue weighted by atomic mass is 32.2. The van der Waals surface area contributed by atoms with Crippen LogP contribution in [-0.2, 0) is 14.8 Å². The highest BCUT2D eigenvalue weighted by Gasteiger charge is 2.45. The molecule has 7 nitrogen and oxygen atoms in total. The zero-order chi connectivity index (χ0) is 18.9. The maximum atomic E-state index is 12.7. The molecule has 3 aliphatic heterocycles. The fourth-order valence-corrected chi connectivity index (χ4v) is 5.96. The normalized spacial score (nSPS) is 28.0. The summed E-state index contributed by atoms with van der Waals surface area (Å²) in [5.41, 5.74) is 0.107. The molecule has 0 bridgehead atoms. The van der Waals surface area contributed by atoms with E-state index in [0.717, 1.165) is 58.3 Å². The second-order valence-corrected chi connectivity index (χ2v) is 10.1. The summed E-state index contributed by atoms with van der Waals surface area (Å²) in [5.74, 6) is 0. The molecule has 1 N–H and O–H groups in total. The number of pyridine rings is 1. The van der Waals surface area contributed by atoms with Gasteiger partial charge in [0.1, 0.15) is 0 Å². The Morgan fingerprint density at radius 1 is 1.19 bits per heavy atom. The van der Waals surface area contributed by atoms with Crippen molar-refractivity contribution in [2.45, 2.75) is 49.3 Å². The molecule has 4 heterocycles. The van der Waals surface area contributed by atoms with Crippen molar-refractivity contribution < 1.29 is 18.3 Å². The first kappa shape index (κ1) is 19.3. The number of hydrogen-bond donors (Lipinski definition) is 1. The highest BCUT2D eigenvalue weighted by molar-refractivity contribution is 7.89. The molecule has 1 aromatic heterocycles. The van der Waals surface area contributed by atoms with Crippen LogP contribution in [0.1, 0.15) is 32.1 Å². The molecule has 0 aromatic carbocycles. The van der Waals surface area contributed by atoms with Gasteiger partial charge in [-0.25, -0.2) is 13.4 Å². The molecule has 0 radical (unpaired) electrons. The molecule has 150 valence electrons. The van der Waals surface area contributed by atoms with Gasteiger partial charge in [0.25, 0.3) is 10.0 Å². The molecular formula is C19H29N3O4S. The van der Waals surface area contributed by atoms with Crippen LogP contribution in [0.15, 0.2) is 29.4 Å². The van der Waals surface area contributed by atoms with E-state index in [0.29, 0.717) is 13.1 Å². The number of ether oxygens (including phenoxy) is 1. The SMILES string of the molecule is O=S(=O)(c1ccccn1)N1CCC2(CC1)COC(CN1CCC(O)CC1)C2. The van der Waals surface area contributed by atoms with Crippen molar-refractivity contribution in [1.82, 2.24) is 14.2 Å². The molecule has 4 rings (SSSR count). The third kappa shape index (κ3) is 4.19. The molecule has 1 unspecified atom stereocenters. The summed E-state index contributed by atoms with van der Waals surface area (Å²) in [4.78, 5) is 6.41. The molecule has 3 aliphatic rings. The Labute approximate surface area is 161 Å². The summed E-state index contributed by atoms with van der Waals surface area (Å²) in [6.07, 6.45) is 5.97. The molecule has 3 saturated heterocycles. The van der Waals surface area contributed by atoms with Gasteiger partial charge in [0, 0.05) is 38.9 Å². The summed E-state index contributed by atoms with van der Waals surface area (Å²) in [6.45, 7) is 4.58. The third-order valence-electron chi connectivity index (χ3n) is 6.33. The molecule has 27 heavy (non-hydrogen) atoms. The maximum Gasteiger partial charge on any atom is 0.260 e. The summed E-state index contributed by atoms with van der Waals surface area (Å²) < 4.78 is 33.2. The van der Waals surface area contributed by atoms with Crippen LogP contribution in [-0.4, -0.2) is 79.3 Å². The van der Waals surface area contributed by atoms with Crippen molar-refractivity contribution in [2.75, 3.05) is 39.3 Å². The minimum atomic E-state index is -3.50. The molecule has 3 fully saturated rings. The number of aliphatic hydroxyl groups excluding tert-OH is 1. The second kappa shape index (κ2) is 7.75. The second-order valence-electron chi connectivity index (χ2n) is 8.24. The quantitative estimate of drug-likeness (QED) is 0.822. The minimum Gasteiger partial charge on any atom is -0.393 e. The molecule has 1 atom stereocenters. The molecule has 0 saturated carbocycles. The van der Waals surface area contributed by atoms with Crippen molar-refractivity contribution >= 4 is 10.0 Å². The maximum absolute atomic E-state index is 12.7. The first-order chi connectivity index (χ1) is 13.0. The number of rotatable bonds is 4. The zero-order valence-corrected chi connectivity index (χ0v) is 16.5. The Morgan fingerprint density at radius 2 is 1.93 bits per heavy atom. The van der Waals surface area contributed by atoms with Crippen molar-refractivity contribution in [3.05, 3.63) is 24.4 Å². The molecule has 1 aromatic rings. The lowest BCUT2D eigenvalue weighted by atomic mass is 9.77. The number of nitrogens with zero attached hydrogens (tertiary/aromatic N) is 3. The average molecular weight is 396 g/mol. The highest BCUT2D eigenvalue weighted by Crippen LogP contribution is 2.43. The molecule has 8 heteroatoms. The smallest absolute Gasteiger partial charge is 0.260 e. The van der Waals surface area contributed by atoms with E-state index in [1.165, 1.54) is 6.20 Å². The largest absolute Gasteiger partial charge is 0.393 e. The Balaban J connectivity index is 1.31. The van der Waals surface area contributed by atoms with E-state index < -0.39 is 10.0 Å². The molecule has 0 amide bonds. The van der Waals surface area contributed by atoms with Crippen molar-refractivity contribution in [1.29, 1.82) is 0 Å². The van der Waals surface area contributed by atoms with E-state index in [9.17, 15) is 13.5 Å². The van der Waals surface area contributed by atoms with Gasteiger partial charge in [-0.3, -0.25) is 0 Å². The van der Waals surface area contributed by atoms with Gasteiger partial charge < -0.3 is 14.7 Å². The Kier molecular flexibility index (Phi) is 5.53. The fourth-order valence-electron chi connectivity index (χ4n) is 4.58. The van der Waals surface area contributed by atoms with Crippen LogP contribution >= 0.6 is 0 Å². The van der Waals surface area contributed by atoms with Crippen molar-refractivity contribution in [3.63, 3.8) is 0 Å². The molecular weight excluding hydrogens is 366 g/mol. The van der Waals surface area contributed by atoms with Gasteiger partial charge in [0.05, 0.1) is 18.8 Å². The van der Waals surface area contributed by atoms with E-state index in [1.54, 1.807) is 22.5 Å². The summed E-state index contributed by atoms with van der Waals surface area (Å²) >= 11 is 0. The summed E-state index contributed by atoms with van der Waals surface area (Å²) in [5, 5.41) is 9.78. The van der Waals surface area contributed by atoms with Gasteiger partial charge in [0.15, 0.2) is 5.03 Å². The van der Waals surface area contributed by atoms with Gasteiger partial charge in [-0.2, -0.15) is 4.31 Å². The number of hydrogen-bond acceptors (Lipinski definition) is 6. The lowest BCUT2D eigenvalue weighted by Crippen LogP contribution is -2.44. The number of piperidine rings is 2. The van der Waals surface area contributed by atoms with E-state index in [-0.39, 0.29) is 22.6 Å². The van der Waals surface area contributed by atoms with Crippen molar-refractivity contribution in [3.8, 4) is 0 Å². The topological polar surface area (TPSA) is 83.0 Å². The predicted octanol–water partition coefficient (Wildman–Crippen LogP) is 1.10.